The molecule has 116 valence electrons. The van der Waals surface area contributed by atoms with Crippen molar-refractivity contribution < 1.29 is 24.2 Å². The van der Waals surface area contributed by atoms with Crippen LogP contribution in [-0.2, 0) is 19.1 Å². The molecule has 6 nitrogen and oxygen atoms in total. The molecule has 0 saturated heterocycles. The molecule has 0 saturated carbocycles. The quantitative estimate of drug-likeness (QED) is 0.471. The first-order valence-electron chi connectivity index (χ1n) is 6.97. The van der Waals surface area contributed by atoms with Crippen molar-refractivity contribution in [1.29, 1.82) is 0 Å². The number of ether oxygens (including phenoxy) is 1. The van der Waals surface area contributed by atoms with Gasteiger partial charge >= 0.3 is 11.9 Å². The van der Waals surface area contributed by atoms with Gasteiger partial charge in [0.2, 0.25) is 5.91 Å². The van der Waals surface area contributed by atoms with E-state index in [4.69, 9.17) is 5.11 Å². The number of aliphatic carboxylic acids is 1. The summed E-state index contributed by atoms with van der Waals surface area (Å²) in [6, 6.07) is -0.832. The summed E-state index contributed by atoms with van der Waals surface area (Å²) in [5, 5.41) is 11.5. The Bertz CT molecular complexity index is 328. The maximum Gasteiger partial charge on any atom is 0.326 e. The van der Waals surface area contributed by atoms with E-state index in [-0.39, 0.29) is 17.8 Å². The lowest BCUT2D eigenvalue weighted by Crippen LogP contribution is -2.44. The van der Waals surface area contributed by atoms with Crippen LogP contribution in [0, 0.1) is 5.92 Å². The number of carbonyl (C=O) groups excluding carboxylic acids is 2. The van der Waals surface area contributed by atoms with E-state index in [0.717, 1.165) is 19.3 Å². The molecule has 0 spiro atoms. The second-order valence-electron chi connectivity index (χ2n) is 5.12. The number of carbonyl (C=O) groups is 3. The Morgan fingerprint density at radius 2 is 1.60 bits per heavy atom. The van der Waals surface area contributed by atoms with Crippen LogP contribution in [0.25, 0.3) is 0 Å². The number of carboxylic acid groups (broad SMARTS) is 1. The third-order valence-electron chi connectivity index (χ3n) is 3.01. The SMILES string of the molecule is COC(=O)CCCCCCC(=O)NC(C(=O)O)C(C)C. The molecule has 0 bridgehead atoms. The monoisotopic (exact) mass is 287 g/mol. The predicted molar refractivity (Wildman–Crippen MR) is 74.1 cm³/mol. The molecular formula is C14H25NO5. The van der Waals surface area contributed by atoms with Crippen molar-refractivity contribution in [2.24, 2.45) is 5.92 Å². The summed E-state index contributed by atoms with van der Waals surface area (Å²) in [5.41, 5.74) is 0. The van der Waals surface area contributed by atoms with Crippen molar-refractivity contribution in [2.75, 3.05) is 7.11 Å². The molecule has 0 aliphatic rings. The molecule has 0 aromatic heterocycles. The number of hydrogen-bond donors (Lipinski definition) is 2. The Balaban J connectivity index is 3.73. The molecule has 0 fully saturated rings. The molecule has 1 amide bonds. The van der Waals surface area contributed by atoms with Gasteiger partial charge in [-0.3, -0.25) is 9.59 Å². The molecule has 20 heavy (non-hydrogen) atoms. The van der Waals surface area contributed by atoms with Gasteiger partial charge in [0.05, 0.1) is 7.11 Å². The highest BCUT2D eigenvalue weighted by atomic mass is 16.5. The Hall–Kier alpha value is -1.59. The molecule has 1 atom stereocenters. The normalized spacial score (nSPS) is 12.0. The zero-order valence-corrected chi connectivity index (χ0v) is 12.5. The van der Waals surface area contributed by atoms with E-state index in [1.165, 1.54) is 7.11 Å². The predicted octanol–water partition coefficient (Wildman–Crippen LogP) is 1.73. The highest BCUT2D eigenvalue weighted by molar-refractivity contribution is 5.83. The molecule has 0 rings (SSSR count). The summed E-state index contributed by atoms with van der Waals surface area (Å²) in [7, 11) is 1.36. The first-order chi connectivity index (χ1) is 9.38. The minimum Gasteiger partial charge on any atom is -0.480 e. The standard InChI is InChI=1S/C14H25NO5/c1-10(2)13(14(18)19)15-11(16)8-6-4-5-7-9-12(17)20-3/h10,13H,4-9H2,1-3H3,(H,15,16)(H,18,19). The van der Waals surface area contributed by atoms with E-state index in [9.17, 15) is 14.4 Å². The first-order valence-corrected chi connectivity index (χ1v) is 6.97. The Morgan fingerprint density at radius 1 is 1.05 bits per heavy atom. The fourth-order valence-electron chi connectivity index (χ4n) is 1.77. The molecular weight excluding hydrogens is 262 g/mol. The smallest absolute Gasteiger partial charge is 0.326 e. The molecule has 0 aliphatic carbocycles. The lowest BCUT2D eigenvalue weighted by Gasteiger charge is -2.17. The number of nitrogens with one attached hydrogen (secondary N) is 1. The van der Waals surface area contributed by atoms with Crippen molar-refractivity contribution in [3.8, 4) is 0 Å². The number of amides is 1. The lowest BCUT2D eigenvalue weighted by molar-refractivity contribution is -0.143. The maximum atomic E-state index is 11.6. The number of carboxylic acids is 1. The maximum absolute atomic E-state index is 11.6. The van der Waals surface area contributed by atoms with Gasteiger partial charge in [0.25, 0.3) is 0 Å². The third kappa shape index (κ3) is 8.50. The summed E-state index contributed by atoms with van der Waals surface area (Å²) >= 11 is 0. The fourth-order valence-corrected chi connectivity index (χ4v) is 1.77. The average Bonchev–Trinajstić information content (AvgIpc) is 2.38. The van der Waals surface area contributed by atoms with Crippen LogP contribution in [0.5, 0.6) is 0 Å². The van der Waals surface area contributed by atoms with Crippen molar-refractivity contribution in [1.82, 2.24) is 5.32 Å². The summed E-state index contributed by atoms with van der Waals surface area (Å²) in [5.74, 6) is -1.61. The highest BCUT2D eigenvalue weighted by Gasteiger charge is 2.22. The summed E-state index contributed by atoms with van der Waals surface area (Å²) in [6.45, 7) is 3.51. The van der Waals surface area contributed by atoms with Crippen LogP contribution < -0.4 is 5.32 Å². The van der Waals surface area contributed by atoms with Gasteiger partial charge < -0.3 is 15.2 Å². The van der Waals surface area contributed by atoms with Crippen molar-refractivity contribution in [2.45, 2.75) is 58.4 Å². The fraction of sp³-hybridized carbons (Fsp3) is 0.786. The zero-order valence-electron chi connectivity index (χ0n) is 12.5. The van der Waals surface area contributed by atoms with E-state index >= 15 is 0 Å². The first kappa shape index (κ1) is 18.4. The van der Waals surface area contributed by atoms with Gasteiger partial charge in [0, 0.05) is 12.8 Å². The highest BCUT2D eigenvalue weighted by Crippen LogP contribution is 2.07. The molecule has 0 heterocycles. The van der Waals surface area contributed by atoms with Crippen molar-refractivity contribution >= 4 is 17.8 Å². The number of rotatable bonds is 10. The number of unbranched alkanes of at least 4 members (excludes halogenated alkanes) is 3. The van der Waals surface area contributed by atoms with Gasteiger partial charge in [-0.05, 0) is 18.8 Å². The van der Waals surface area contributed by atoms with E-state index in [1.807, 2.05) is 0 Å². The Labute approximate surface area is 119 Å². The van der Waals surface area contributed by atoms with Crippen LogP contribution in [-0.4, -0.2) is 36.1 Å². The Morgan fingerprint density at radius 3 is 2.05 bits per heavy atom. The Kier molecular flexibility index (Phi) is 9.41. The van der Waals surface area contributed by atoms with Gasteiger partial charge in [-0.1, -0.05) is 26.7 Å². The van der Waals surface area contributed by atoms with Gasteiger partial charge in [-0.25, -0.2) is 4.79 Å². The van der Waals surface area contributed by atoms with Gasteiger partial charge in [0.1, 0.15) is 6.04 Å². The molecule has 1 unspecified atom stereocenters. The zero-order chi connectivity index (χ0) is 15.5. The second kappa shape index (κ2) is 10.2. The van der Waals surface area contributed by atoms with E-state index in [0.29, 0.717) is 19.3 Å². The van der Waals surface area contributed by atoms with Crippen molar-refractivity contribution in [3.05, 3.63) is 0 Å². The number of methoxy groups -OCH3 is 1. The molecule has 2 N–H and O–H groups in total. The van der Waals surface area contributed by atoms with Gasteiger partial charge in [-0.15, -0.1) is 0 Å². The van der Waals surface area contributed by atoms with E-state index in [2.05, 4.69) is 10.1 Å². The van der Waals surface area contributed by atoms with E-state index < -0.39 is 12.0 Å². The third-order valence-corrected chi connectivity index (χ3v) is 3.01. The van der Waals surface area contributed by atoms with Crippen LogP contribution in [0.15, 0.2) is 0 Å². The number of hydrogen-bond acceptors (Lipinski definition) is 4. The van der Waals surface area contributed by atoms with Gasteiger partial charge in [0.15, 0.2) is 0 Å². The topological polar surface area (TPSA) is 92.7 Å². The molecule has 0 aromatic rings. The minimum atomic E-state index is -1.01. The molecule has 0 aromatic carbocycles. The van der Waals surface area contributed by atoms with Gasteiger partial charge in [-0.2, -0.15) is 0 Å². The summed E-state index contributed by atoms with van der Waals surface area (Å²) in [4.78, 5) is 33.4. The molecule has 0 aliphatic heterocycles. The number of esters is 1. The van der Waals surface area contributed by atoms with Crippen LogP contribution >= 0.6 is 0 Å². The largest absolute Gasteiger partial charge is 0.480 e. The lowest BCUT2D eigenvalue weighted by atomic mass is 10.0. The van der Waals surface area contributed by atoms with Crippen molar-refractivity contribution in [3.63, 3.8) is 0 Å². The van der Waals surface area contributed by atoms with Crippen LogP contribution in [0.1, 0.15) is 52.4 Å². The van der Waals surface area contributed by atoms with Crippen LogP contribution in [0.2, 0.25) is 0 Å². The van der Waals surface area contributed by atoms with Crippen LogP contribution in [0.4, 0.5) is 0 Å². The minimum absolute atomic E-state index is 0.142. The summed E-state index contributed by atoms with van der Waals surface area (Å²) < 4.78 is 4.52. The average molecular weight is 287 g/mol. The molecule has 0 radical (unpaired) electrons. The molecule has 6 heteroatoms. The summed E-state index contributed by atoms with van der Waals surface area (Å²) in [6.07, 6.45) is 3.85. The second-order valence-corrected chi connectivity index (χ2v) is 5.12. The van der Waals surface area contributed by atoms with E-state index in [1.54, 1.807) is 13.8 Å². The van der Waals surface area contributed by atoms with Crippen LogP contribution in [0.3, 0.4) is 0 Å².